The van der Waals surface area contributed by atoms with E-state index >= 15 is 0 Å². The highest BCUT2D eigenvalue weighted by atomic mass is 19.1. The fraction of sp³-hybridized carbons (Fsp3) is 0.467. The lowest BCUT2D eigenvalue weighted by Gasteiger charge is -2.16. The van der Waals surface area contributed by atoms with Crippen LogP contribution < -0.4 is 4.74 Å². The van der Waals surface area contributed by atoms with Crippen LogP contribution in [-0.4, -0.2) is 45.1 Å². The Hall–Kier alpha value is -2.51. The van der Waals surface area contributed by atoms with E-state index < -0.39 is 5.82 Å². The van der Waals surface area contributed by atoms with Crippen molar-refractivity contribution in [3.05, 3.63) is 35.4 Å². The van der Waals surface area contributed by atoms with Gasteiger partial charge in [-0.3, -0.25) is 4.79 Å². The van der Waals surface area contributed by atoms with Gasteiger partial charge in [0, 0.05) is 13.0 Å². The number of nitrogens with zero attached hydrogens (tertiary/aromatic N) is 4. The zero-order valence-electron chi connectivity index (χ0n) is 13.0. The van der Waals surface area contributed by atoms with Crippen molar-refractivity contribution in [2.75, 3.05) is 13.1 Å². The zero-order chi connectivity index (χ0) is 16.4. The minimum absolute atomic E-state index is 0.0580. The van der Waals surface area contributed by atoms with E-state index in [9.17, 15) is 9.18 Å². The molecule has 1 aliphatic rings. The minimum atomic E-state index is -0.533. The fourth-order valence-electron chi connectivity index (χ4n) is 2.56. The van der Waals surface area contributed by atoms with Crippen molar-refractivity contribution in [1.82, 2.24) is 20.0 Å². The number of hydrogen-bond acceptors (Lipinski definition) is 6. The molecule has 1 fully saturated rings. The van der Waals surface area contributed by atoms with Crippen molar-refractivity contribution >= 4 is 5.91 Å². The number of carbonyl (C=O) groups is 1. The summed E-state index contributed by atoms with van der Waals surface area (Å²) in [5, 5.41) is 3.61. The lowest BCUT2D eigenvalue weighted by molar-refractivity contribution is 0.0768. The van der Waals surface area contributed by atoms with Crippen LogP contribution in [0.4, 0.5) is 4.39 Å². The molecule has 0 bridgehead atoms. The second kappa shape index (κ2) is 6.31. The van der Waals surface area contributed by atoms with Gasteiger partial charge in [0.1, 0.15) is 23.8 Å². The number of aryl methyl sites for hydroxylation is 2. The molecule has 1 aliphatic heterocycles. The van der Waals surface area contributed by atoms with E-state index in [1.165, 1.54) is 12.5 Å². The molecule has 3 rings (SSSR count). The summed E-state index contributed by atoms with van der Waals surface area (Å²) in [5.74, 6) is -0.270. The Balaban J connectivity index is 1.67. The predicted molar refractivity (Wildman–Crippen MR) is 77.5 cm³/mol. The summed E-state index contributed by atoms with van der Waals surface area (Å²) >= 11 is 0. The lowest BCUT2D eigenvalue weighted by Crippen LogP contribution is -2.31. The van der Waals surface area contributed by atoms with E-state index in [1.807, 2.05) is 6.92 Å². The summed E-state index contributed by atoms with van der Waals surface area (Å²) in [7, 11) is 0. The van der Waals surface area contributed by atoms with Gasteiger partial charge < -0.3 is 14.2 Å². The van der Waals surface area contributed by atoms with Gasteiger partial charge in [-0.05, 0) is 13.3 Å². The van der Waals surface area contributed by atoms with Crippen molar-refractivity contribution in [1.29, 1.82) is 0 Å². The van der Waals surface area contributed by atoms with Crippen LogP contribution in [0.15, 0.2) is 17.0 Å². The van der Waals surface area contributed by atoms with Gasteiger partial charge in [-0.15, -0.1) is 0 Å². The van der Waals surface area contributed by atoms with E-state index in [2.05, 4.69) is 15.1 Å². The van der Waals surface area contributed by atoms with Gasteiger partial charge >= 0.3 is 0 Å². The predicted octanol–water partition coefficient (Wildman–Crippen LogP) is 1.77. The van der Waals surface area contributed by atoms with Crippen LogP contribution in [0, 0.1) is 12.7 Å². The largest absolute Gasteiger partial charge is 0.470 e. The van der Waals surface area contributed by atoms with E-state index in [0.717, 1.165) is 0 Å². The second-order valence-corrected chi connectivity index (χ2v) is 5.37. The summed E-state index contributed by atoms with van der Waals surface area (Å²) in [6.07, 6.45) is 3.47. The monoisotopic (exact) mass is 320 g/mol. The molecule has 0 radical (unpaired) electrons. The van der Waals surface area contributed by atoms with Crippen molar-refractivity contribution in [3.8, 4) is 5.88 Å². The third-order valence-corrected chi connectivity index (χ3v) is 3.86. The molecular weight excluding hydrogens is 303 g/mol. The molecule has 0 aromatic carbocycles. The van der Waals surface area contributed by atoms with Crippen LogP contribution >= 0.6 is 0 Å². The summed E-state index contributed by atoms with van der Waals surface area (Å²) in [4.78, 5) is 21.7. The maximum atomic E-state index is 14.1. The molecule has 1 atom stereocenters. The summed E-state index contributed by atoms with van der Waals surface area (Å²) in [5.41, 5.74) is 0.758. The van der Waals surface area contributed by atoms with Gasteiger partial charge in [-0.25, -0.2) is 4.98 Å². The molecule has 122 valence electrons. The molecule has 1 saturated heterocycles. The summed E-state index contributed by atoms with van der Waals surface area (Å²) < 4.78 is 24.6. The molecule has 2 aromatic heterocycles. The first kappa shape index (κ1) is 15.4. The number of hydrogen-bond donors (Lipinski definition) is 0. The molecule has 0 spiro atoms. The topological polar surface area (TPSA) is 81.4 Å². The van der Waals surface area contributed by atoms with Gasteiger partial charge in [0.25, 0.3) is 11.8 Å². The Morgan fingerprint density at radius 2 is 2.35 bits per heavy atom. The van der Waals surface area contributed by atoms with Crippen LogP contribution in [0.25, 0.3) is 0 Å². The Morgan fingerprint density at radius 3 is 3.04 bits per heavy atom. The maximum absolute atomic E-state index is 14.1. The van der Waals surface area contributed by atoms with Crippen LogP contribution in [0.2, 0.25) is 0 Å². The highest BCUT2D eigenvalue weighted by Gasteiger charge is 2.31. The van der Waals surface area contributed by atoms with Gasteiger partial charge in [0.2, 0.25) is 5.82 Å². The third kappa shape index (κ3) is 3.01. The molecule has 3 heterocycles. The minimum Gasteiger partial charge on any atom is -0.470 e. The highest BCUT2D eigenvalue weighted by Crippen LogP contribution is 2.22. The van der Waals surface area contributed by atoms with E-state index in [1.54, 1.807) is 11.8 Å². The lowest BCUT2D eigenvalue weighted by atomic mass is 10.2. The van der Waals surface area contributed by atoms with Crippen molar-refractivity contribution in [3.63, 3.8) is 0 Å². The van der Waals surface area contributed by atoms with Crippen LogP contribution in [0.5, 0.6) is 5.88 Å². The number of amides is 1. The summed E-state index contributed by atoms with van der Waals surface area (Å²) in [6.45, 7) is 4.40. The molecule has 0 N–H and O–H groups in total. The molecule has 2 aromatic rings. The van der Waals surface area contributed by atoms with Crippen LogP contribution in [0.1, 0.15) is 35.2 Å². The Bertz CT molecular complexity index is 718. The van der Waals surface area contributed by atoms with E-state index in [0.29, 0.717) is 42.9 Å². The number of rotatable bonds is 4. The SMILES string of the molecule is CCc1ncnc(O[C@H]2CCN(C(=O)c3cnoc3C)C2)c1F. The van der Waals surface area contributed by atoms with Gasteiger partial charge in [-0.2, -0.15) is 9.37 Å². The number of halogens is 1. The van der Waals surface area contributed by atoms with E-state index in [4.69, 9.17) is 9.26 Å². The Labute approximate surface area is 132 Å². The Kier molecular flexibility index (Phi) is 4.22. The fourth-order valence-corrected chi connectivity index (χ4v) is 2.56. The molecule has 0 saturated carbocycles. The zero-order valence-corrected chi connectivity index (χ0v) is 13.0. The average molecular weight is 320 g/mol. The molecule has 8 heteroatoms. The first-order valence-corrected chi connectivity index (χ1v) is 7.46. The van der Waals surface area contributed by atoms with Crippen LogP contribution in [-0.2, 0) is 6.42 Å². The average Bonchev–Trinajstić information content (AvgIpc) is 3.18. The van der Waals surface area contributed by atoms with Gasteiger partial charge in [0.05, 0.1) is 18.4 Å². The smallest absolute Gasteiger partial charge is 0.259 e. The molecule has 0 unspecified atom stereocenters. The second-order valence-electron chi connectivity index (χ2n) is 5.37. The molecular formula is C15H17FN4O3. The van der Waals surface area contributed by atoms with Crippen LogP contribution in [0.3, 0.4) is 0 Å². The number of carbonyl (C=O) groups excluding carboxylic acids is 1. The van der Waals surface area contributed by atoms with Crippen molar-refractivity contribution in [2.45, 2.75) is 32.8 Å². The molecule has 7 nitrogen and oxygen atoms in total. The number of aromatic nitrogens is 3. The maximum Gasteiger partial charge on any atom is 0.259 e. The van der Waals surface area contributed by atoms with Gasteiger partial charge in [-0.1, -0.05) is 12.1 Å². The number of likely N-dealkylation sites (tertiary alicyclic amines) is 1. The quantitative estimate of drug-likeness (QED) is 0.854. The molecule has 23 heavy (non-hydrogen) atoms. The first-order chi connectivity index (χ1) is 11.1. The summed E-state index contributed by atoms with van der Waals surface area (Å²) in [6, 6.07) is 0. The first-order valence-electron chi connectivity index (χ1n) is 7.46. The molecule has 0 aliphatic carbocycles. The standard InChI is InChI=1S/C15H17FN4O3/c1-3-12-13(16)14(18-8-17-12)22-10-4-5-20(7-10)15(21)11-6-19-23-9(11)2/h6,8,10H,3-5,7H2,1-2H3/t10-/m0/s1. The normalized spacial score (nSPS) is 17.5. The number of ether oxygens (including phenoxy) is 1. The highest BCUT2D eigenvalue weighted by molar-refractivity contribution is 5.94. The van der Waals surface area contributed by atoms with Crippen molar-refractivity contribution < 1.29 is 18.4 Å². The van der Waals surface area contributed by atoms with E-state index in [-0.39, 0.29) is 17.9 Å². The van der Waals surface area contributed by atoms with Crippen molar-refractivity contribution in [2.24, 2.45) is 0 Å². The third-order valence-electron chi connectivity index (χ3n) is 3.86. The Morgan fingerprint density at radius 1 is 1.52 bits per heavy atom. The van der Waals surface area contributed by atoms with Gasteiger partial charge in [0.15, 0.2) is 0 Å². The molecule has 1 amide bonds.